The molecule has 0 radical (unpaired) electrons. The number of halogens is 1. The number of esters is 1. The predicted molar refractivity (Wildman–Crippen MR) is 101 cm³/mol. The Bertz CT molecular complexity index is 802. The normalized spacial score (nSPS) is 21.4. The second-order valence-electron chi connectivity index (χ2n) is 6.41. The van der Waals surface area contributed by atoms with Crippen LogP contribution in [0.15, 0.2) is 29.2 Å². The number of nitrogens with one attached hydrogen (secondary N) is 1. The first kappa shape index (κ1) is 21.6. The van der Waals surface area contributed by atoms with Gasteiger partial charge in [0.15, 0.2) is 0 Å². The maximum Gasteiger partial charge on any atom is 0.339 e. The van der Waals surface area contributed by atoms with Crippen LogP contribution in [-0.4, -0.2) is 75.4 Å². The van der Waals surface area contributed by atoms with Gasteiger partial charge in [0.25, 0.3) is 0 Å². The van der Waals surface area contributed by atoms with Crippen molar-refractivity contribution in [3.05, 3.63) is 29.8 Å². The van der Waals surface area contributed by atoms with Crippen molar-refractivity contribution >= 4 is 34.3 Å². The maximum absolute atomic E-state index is 13.1. The number of piperidine rings is 1. The number of carbonyl (C=O) groups excluding carboxylic acids is 2. The number of hydrogen-bond acceptors (Lipinski definition) is 6. The lowest BCUT2D eigenvalue weighted by Crippen LogP contribution is -2.57. The molecule has 2 heterocycles. The number of hydrogen-bond donors (Lipinski definition) is 1. The lowest BCUT2D eigenvalue weighted by Gasteiger charge is -2.40. The van der Waals surface area contributed by atoms with Crippen LogP contribution in [0.1, 0.15) is 23.2 Å². The summed E-state index contributed by atoms with van der Waals surface area (Å²) in [6, 6.07) is 5.91. The van der Waals surface area contributed by atoms with Crippen molar-refractivity contribution in [2.24, 2.45) is 0 Å². The monoisotopic (exact) mass is 417 g/mol. The minimum Gasteiger partial charge on any atom is -0.465 e. The Morgan fingerprint density at radius 2 is 2.00 bits per heavy atom. The Morgan fingerprint density at radius 1 is 1.26 bits per heavy atom. The van der Waals surface area contributed by atoms with E-state index in [1.807, 2.05) is 0 Å². The van der Waals surface area contributed by atoms with Gasteiger partial charge in [0.1, 0.15) is 0 Å². The van der Waals surface area contributed by atoms with Crippen molar-refractivity contribution in [3.8, 4) is 0 Å². The van der Waals surface area contributed by atoms with Crippen LogP contribution >= 0.6 is 12.4 Å². The molecule has 2 fully saturated rings. The Labute approximate surface area is 165 Å². The molecule has 2 aliphatic rings. The molecule has 0 bridgehead atoms. The lowest BCUT2D eigenvalue weighted by atomic mass is 10.1. The molecule has 150 valence electrons. The van der Waals surface area contributed by atoms with E-state index >= 15 is 0 Å². The summed E-state index contributed by atoms with van der Waals surface area (Å²) in [5, 5.41) is 3.02. The van der Waals surface area contributed by atoms with Gasteiger partial charge in [-0.3, -0.25) is 4.79 Å². The second-order valence-corrected chi connectivity index (χ2v) is 8.32. The largest absolute Gasteiger partial charge is 0.465 e. The fraction of sp³-hybridized carbons (Fsp3) is 0.529. The van der Waals surface area contributed by atoms with Crippen LogP contribution in [-0.2, 0) is 19.6 Å². The summed E-state index contributed by atoms with van der Waals surface area (Å²) in [6.45, 7) is 2.18. The van der Waals surface area contributed by atoms with Gasteiger partial charge in [0.05, 0.1) is 24.1 Å². The first-order valence-corrected chi connectivity index (χ1v) is 10.1. The van der Waals surface area contributed by atoms with Crippen molar-refractivity contribution in [2.75, 3.05) is 39.8 Å². The van der Waals surface area contributed by atoms with Crippen molar-refractivity contribution in [2.45, 2.75) is 23.8 Å². The quantitative estimate of drug-likeness (QED) is 0.716. The highest BCUT2D eigenvalue weighted by molar-refractivity contribution is 7.89. The van der Waals surface area contributed by atoms with Crippen LogP contribution in [0.5, 0.6) is 0 Å². The van der Waals surface area contributed by atoms with Crippen molar-refractivity contribution in [3.63, 3.8) is 0 Å². The molecular weight excluding hydrogens is 394 g/mol. The zero-order valence-electron chi connectivity index (χ0n) is 15.1. The van der Waals surface area contributed by atoms with Crippen LogP contribution in [0.3, 0.4) is 0 Å². The van der Waals surface area contributed by atoms with E-state index in [4.69, 9.17) is 4.74 Å². The third-order valence-electron chi connectivity index (χ3n) is 4.84. The van der Waals surface area contributed by atoms with Crippen LogP contribution in [0.25, 0.3) is 0 Å². The third kappa shape index (κ3) is 4.43. The summed E-state index contributed by atoms with van der Waals surface area (Å²) in [5.74, 6) is -0.689. The van der Waals surface area contributed by atoms with Gasteiger partial charge >= 0.3 is 5.97 Å². The minimum absolute atomic E-state index is 0. The van der Waals surface area contributed by atoms with Gasteiger partial charge in [-0.25, -0.2) is 13.2 Å². The number of piperazine rings is 1. The van der Waals surface area contributed by atoms with Gasteiger partial charge in [0.2, 0.25) is 15.9 Å². The molecule has 0 aliphatic carbocycles. The summed E-state index contributed by atoms with van der Waals surface area (Å²) in [4.78, 5) is 25.8. The average Bonchev–Trinajstić information content (AvgIpc) is 2.68. The van der Waals surface area contributed by atoms with Gasteiger partial charge in [-0.1, -0.05) is 12.1 Å². The molecule has 0 spiro atoms. The molecule has 1 atom stereocenters. The maximum atomic E-state index is 13.1. The highest BCUT2D eigenvalue weighted by Gasteiger charge is 2.36. The zero-order valence-corrected chi connectivity index (χ0v) is 16.7. The van der Waals surface area contributed by atoms with Gasteiger partial charge in [0, 0.05) is 32.2 Å². The van der Waals surface area contributed by atoms with Crippen LogP contribution in [0, 0.1) is 0 Å². The number of rotatable bonds is 4. The standard InChI is InChI=1S/C17H23N3O5S.ClH/c1-25-17(22)14-6-2-3-7-15(14)26(23,24)19-9-4-5-13(12-19)20-10-8-18-11-16(20)21;/h2-3,6-7,13,18H,4-5,8-12H2,1H3;1H. The van der Waals surface area contributed by atoms with Crippen molar-refractivity contribution in [1.29, 1.82) is 0 Å². The first-order chi connectivity index (χ1) is 12.4. The molecule has 8 nitrogen and oxygen atoms in total. The topological polar surface area (TPSA) is 96.0 Å². The number of ether oxygens (including phenoxy) is 1. The minimum atomic E-state index is -3.86. The van der Waals surface area contributed by atoms with Crippen molar-refractivity contribution in [1.82, 2.24) is 14.5 Å². The summed E-state index contributed by atoms with van der Waals surface area (Å²) < 4.78 is 32.4. The highest BCUT2D eigenvalue weighted by atomic mass is 35.5. The molecule has 27 heavy (non-hydrogen) atoms. The van der Waals surface area contributed by atoms with E-state index in [9.17, 15) is 18.0 Å². The molecule has 2 aliphatic heterocycles. The molecule has 3 rings (SSSR count). The number of sulfonamides is 1. The molecule has 1 amide bonds. The zero-order chi connectivity index (χ0) is 18.7. The van der Waals surface area contributed by atoms with E-state index in [0.717, 1.165) is 6.42 Å². The van der Waals surface area contributed by atoms with Gasteiger partial charge in [-0.2, -0.15) is 4.31 Å². The van der Waals surface area contributed by atoms with E-state index in [-0.39, 0.29) is 47.9 Å². The fourth-order valence-electron chi connectivity index (χ4n) is 3.51. The molecule has 10 heteroatoms. The highest BCUT2D eigenvalue weighted by Crippen LogP contribution is 2.26. The van der Waals surface area contributed by atoms with Gasteiger partial charge in [-0.15, -0.1) is 12.4 Å². The SMILES string of the molecule is COC(=O)c1ccccc1S(=O)(=O)N1CCCC(N2CCNCC2=O)C1.Cl. The molecule has 1 unspecified atom stereocenters. The summed E-state index contributed by atoms with van der Waals surface area (Å²) >= 11 is 0. The molecular formula is C17H24ClN3O5S. The Hall–Kier alpha value is -1.68. The molecule has 1 aromatic rings. The smallest absolute Gasteiger partial charge is 0.339 e. The van der Waals surface area contributed by atoms with Crippen LogP contribution in [0.2, 0.25) is 0 Å². The first-order valence-electron chi connectivity index (χ1n) is 8.63. The number of benzene rings is 1. The van der Waals surface area contributed by atoms with E-state index in [0.29, 0.717) is 26.1 Å². The average molecular weight is 418 g/mol. The van der Waals surface area contributed by atoms with Gasteiger partial charge < -0.3 is 15.0 Å². The Balaban J connectivity index is 0.00000261. The van der Waals surface area contributed by atoms with E-state index in [1.165, 1.54) is 23.5 Å². The Morgan fingerprint density at radius 3 is 2.70 bits per heavy atom. The number of amides is 1. The molecule has 1 aromatic carbocycles. The van der Waals surface area contributed by atoms with Gasteiger partial charge in [-0.05, 0) is 25.0 Å². The fourth-order valence-corrected chi connectivity index (χ4v) is 5.21. The molecule has 0 saturated carbocycles. The summed E-state index contributed by atoms with van der Waals surface area (Å²) in [7, 11) is -2.64. The second kappa shape index (κ2) is 9.01. The number of carbonyl (C=O) groups is 2. The van der Waals surface area contributed by atoms with E-state index < -0.39 is 16.0 Å². The van der Waals surface area contributed by atoms with E-state index in [2.05, 4.69) is 5.32 Å². The molecule has 1 N–H and O–H groups in total. The van der Waals surface area contributed by atoms with Crippen molar-refractivity contribution < 1.29 is 22.7 Å². The lowest BCUT2D eigenvalue weighted by molar-refractivity contribution is -0.135. The van der Waals surface area contributed by atoms with Crippen LogP contribution < -0.4 is 5.32 Å². The number of nitrogens with zero attached hydrogens (tertiary/aromatic N) is 2. The summed E-state index contributed by atoms with van der Waals surface area (Å²) in [6.07, 6.45) is 1.44. The summed E-state index contributed by atoms with van der Waals surface area (Å²) in [5.41, 5.74) is 0.0235. The van der Waals surface area contributed by atoms with E-state index in [1.54, 1.807) is 17.0 Å². The number of methoxy groups -OCH3 is 1. The van der Waals surface area contributed by atoms with Crippen LogP contribution in [0.4, 0.5) is 0 Å². The molecule has 0 aromatic heterocycles. The third-order valence-corrected chi connectivity index (χ3v) is 6.76. The predicted octanol–water partition coefficient (Wildman–Crippen LogP) is 0.480. The molecule has 2 saturated heterocycles. The Kier molecular flexibility index (Phi) is 7.21.